The maximum absolute atomic E-state index is 4.49. The van der Waals surface area contributed by atoms with Crippen molar-refractivity contribution in [3.05, 3.63) is 70.2 Å². The van der Waals surface area contributed by atoms with Crippen LogP contribution in [0.25, 0.3) is 0 Å². The second-order valence-corrected chi connectivity index (χ2v) is 7.91. The molecule has 3 aromatic rings. The molecule has 3 rings (SSSR count). The Balaban J connectivity index is 1.41. The van der Waals surface area contributed by atoms with E-state index in [2.05, 4.69) is 67.4 Å². The lowest BCUT2D eigenvalue weighted by molar-refractivity contribution is 0.600. The summed E-state index contributed by atoms with van der Waals surface area (Å²) in [5.74, 6) is 1.80. The van der Waals surface area contributed by atoms with Crippen molar-refractivity contribution in [3.63, 3.8) is 0 Å². The molecule has 0 spiro atoms. The Labute approximate surface area is 170 Å². The summed E-state index contributed by atoms with van der Waals surface area (Å²) in [6, 6.07) is 10.6. The number of benzene rings is 1. The van der Waals surface area contributed by atoms with Crippen LogP contribution in [0.15, 0.2) is 53.9 Å². The van der Waals surface area contributed by atoms with Crippen molar-refractivity contribution in [2.45, 2.75) is 39.3 Å². The van der Waals surface area contributed by atoms with Crippen LogP contribution >= 0.6 is 11.3 Å². The molecule has 2 heterocycles. The monoisotopic (exact) mass is 396 g/mol. The standard InChI is InChI=1S/C21H28N6S/c1-17-15-25-20(28-17)10-11-24-21(22-2)26-16-19-23-12-14-27(19)13-6-9-18-7-4-3-5-8-18/h3-5,7-8,12,14-15H,6,9-11,13,16H2,1-2H3,(H2,22,24,26). The van der Waals surface area contributed by atoms with Crippen molar-refractivity contribution in [2.75, 3.05) is 13.6 Å². The van der Waals surface area contributed by atoms with E-state index in [0.717, 1.165) is 49.1 Å². The summed E-state index contributed by atoms with van der Waals surface area (Å²) in [6.45, 7) is 4.49. The number of hydrogen-bond donors (Lipinski definition) is 2. The Hall–Kier alpha value is -2.67. The van der Waals surface area contributed by atoms with Crippen molar-refractivity contribution in [3.8, 4) is 0 Å². The molecule has 2 N–H and O–H groups in total. The van der Waals surface area contributed by atoms with Crippen LogP contribution in [-0.2, 0) is 25.9 Å². The molecule has 0 aliphatic heterocycles. The van der Waals surface area contributed by atoms with E-state index in [4.69, 9.17) is 0 Å². The van der Waals surface area contributed by atoms with E-state index in [-0.39, 0.29) is 0 Å². The molecule has 2 aromatic heterocycles. The highest BCUT2D eigenvalue weighted by Gasteiger charge is 2.05. The number of nitrogens with zero attached hydrogens (tertiary/aromatic N) is 4. The molecule has 7 heteroatoms. The van der Waals surface area contributed by atoms with Gasteiger partial charge in [-0.15, -0.1) is 11.3 Å². The highest BCUT2D eigenvalue weighted by molar-refractivity contribution is 7.11. The number of aryl methyl sites for hydroxylation is 3. The van der Waals surface area contributed by atoms with Crippen molar-refractivity contribution in [1.82, 2.24) is 25.2 Å². The third kappa shape index (κ3) is 6.20. The van der Waals surface area contributed by atoms with Gasteiger partial charge in [0.1, 0.15) is 5.82 Å². The summed E-state index contributed by atoms with van der Waals surface area (Å²) in [7, 11) is 1.79. The summed E-state index contributed by atoms with van der Waals surface area (Å²) in [5, 5.41) is 7.84. The van der Waals surface area contributed by atoms with Gasteiger partial charge in [0.05, 0.1) is 11.6 Å². The molecule has 1 aromatic carbocycles. The zero-order valence-electron chi connectivity index (χ0n) is 16.6. The van der Waals surface area contributed by atoms with Crippen LogP contribution in [0.1, 0.15) is 27.7 Å². The Kier molecular flexibility index (Phi) is 7.61. The molecular weight excluding hydrogens is 368 g/mol. The number of hydrogen-bond acceptors (Lipinski definition) is 4. The lowest BCUT2D eigenvalue weighted by Crippen LogP contribution is -2.38. The summed E-state index contributed by atoms with van der Waals surface area (Å²) in [5.41, 5.74) is 1.38. The molecule has 0 unspecified atom stereocenters. The summed E-state index contributed by atoms with van der Waals surface area (Å²) < 4.78 is 2.21. The van der Waals surface area contributed by atoms with E-state index >= 15 is 0 Å². The van der Waals surface area contributed by atoms with Crippen molar-refractivity contribution in [1.29, 1.82) is 0 Å². The van der Waals surface area contributed by atoms with Gasteiger partial charge in [0, 0.05) is 50.0 Å². The first-order valence-corrected chi connectivity index (χ1v) is 10.5. The highest BCUT2D eigenvalue weighted by atomic mass is 32.1. The minimum Gasteiger partial charge on any atom is -0.356 e. The first kappa shape index (κ1) is 20.1. The van der Waals surface area contributed by atoms with E-state index in [1.54, 1.807) is 18.4 Å². The van der Waals surface area contributed by atoms with Crippen LogP contribution in [0.2, 0.25) is 0 Å². The molecule has 0 fully saturated rings. The van der Waals surface area contributed by atoms with Gasteiger partial charge in [-0.3, -0.25) is 4.99 Å². The Bertz CT molecular complexity index is 868. The van der Waals surface area contributed by atoms with Gasteiger partial charge >= 0.3 is 0 Å². The lowest BCUT2D eigenvalue weighted by atomic mass is 10.1. The molecule has 0 saturated carbocycles. The fourth-order valence-corrected chi connectivity index (χ4v) is 3.78. The third-order valence-electron chi connectivity index (χ3n) is 4.45. The van der Waals surface area contributed by atoms with Crippen LogP contribution in [-0.4, -0.2) is 34.1 Å². The predicted molar refractivity (Wildman–Crippen MR) is 116 cm³/mol. The normalized spacial score (nSPS) is 11.6. The van der Waals surface area contributed by atoms with Crippen LogP contribution < -0.4 is 10.6 Å². The molecule has 0 aliphatic carbocycles. The van der Waals surface area contributed by atoms with Crippen LogP contribution in [0, 0.1) is 6.92 Å². The van der Waals surface area contributed by atoms with Gasteiger partial charge in [-0.25, -0.2) is 9.97 Å². The Morgan fingerprint density at radius 1 is 1.14 bits per heavy atom. The van der Waals surface area contributed by atoms with E-state index in [1.807, 2.05) is 18.6 Å². The quantitative estimate of drug-likeness (QED) is 0.431. The fraction of sp³-hybridized carbons (Fsp3) is 0.381. The van der Waals surface area contributed by atoms with Gasteiger partial charge in [-0.05, 0) is 25.3 Å². The Morgan fingerprint density at radius 3 is 2.75 bits per heavy atom. The first-order chi connectivity index (χ1) is 13.7. The summed E-state index contributed by atoms with van der Waals surface area (Å²) >= 11 is 1.74. The smallest absolute Gasteiger partial charge is 0.191 e. The summed E-state index contributed by atoms with van der Waals surface area (Å²) in [4.78, 5) is 14.4. The van der Waals surface area contributed by atoms with Gasteiger partial charge in [-0.1, -0.05) is 30.3 Å². The molecule has 0 saturated heterocycles. The number of nitrogens with one attached hydrogen (secondary N) is 2. The zero-order chi connectivity index (χ0) is 19.6. The third-order valence-corrected chi connectivity index (χ3v) is 5.42. The van der Waals surface area contributed by atoms with Gasteiger partial charge in [0.15, 0.2) is 5.96 Å². The fourth-order valence-electron chi connectivity index (χ4n) is 3.00. The molecular formula is C21H28N6S. The highest BCUT2D eigenvalue weighted by Crippen LogP contribution is 2.11. The van der Waals surface area contributed by atoms with Crippen molar-refractivity contribution < 1.29 is 0 Å². The molecule has 28 heavy (non-hydrogen) atoms. The minimum atomic E-state index is 0.647. The van der Waals surface area contributed by atoms with Gasteiger partial charge in [-0.2, -0.15) is 0 Å². The average molecular weight is 397 g/mol. The van der Waals surface area contributed by atoms with Crippen LogP contribution in [0.5, 0.6) is 0 Å². The zero-order valence-corrected chi connectivity index (χ0v) is 17.4. The average Bonchev–Trinajstić information content (AvgIpc) is 3.34. The number of thiazole rings is 1. The predicted octanol–water partition coefficient (Wildman–Crippen LogP) is 3.19. The molecule has 0 amide bonds. The first-order valence-electron chi connectivity index (χ1n) is 9.64. The Morgan fingerprint density at radius 2 is 2.00 bits per heavy atom. The molecule has 148 valence electrons. The maximum atomic E-state index is 4.49. The number of guanidine groups is 1. The van der Waals surface area contributed by atoms with Gasteiger partial charge in [0.2, 0.25) is 0 Å². The minimum absolute atomic E-state index is 0.647. The molecule has 0 atom stereocenters. The van der Waals surface area contributed by atoms with E-state index in [1.165, 1.54) is 10.4 Å². The molecule has 0 aliphatic rings. The van der Waals surface area contributed by atoms with E-state index in [9.17, 15) is 0 Å². The molecule has 6 nitrogen and oxygen atoms in total. The van der Waals surface area contributed by atoms with Crippen molar-refractivity contribution in [2.24, 2.45) is 4.99 Å². The largest absolute Gasteiger partial charge is 0.356 e. The molecule has 0 bridgehead atoms. The van der Waals surface area contributed by atoms with Gasteiger partial charge in [0.25, 0.3) is 0 Å². The molecule has 0 radical (unpaired) electrons. The second kappa shape index (κ2) is 10.6. The van der Waals surface area contributed by atoms with E-state index in [0.29, 0.717) is 6.54 Å². The maximum Gasteiger partial charge on any atom is 0.191 e. The lowest BCUT2D eigenvalue weighted by Gasteiger charge is -2.12. The number of aliphatic imine (C=N–C) groups is 1. The topological polar surface area (TPSA) is 67.1 Å². The number of aromatic nitrogens is 3. The van der Waals surface area contributed by atoms with Crippen molar-refractivity contribution >= 4 is 17.3 Å². The second-order valence-electron chi connectivity index (χ2n) is 6.59. The SMILES string of the molecule is CN=C(NCCc1ncc(C)s1)NCc1nccn1CCCc1ccccc1. The number of rotatable bonds is 9. The van der Waals surface area contributed by atoms with Gasteiger partial charge < -0.3 is 15.2 Å². The summed E-state index contributed by atoms with van der Waals surface area (Å²) in [6.07, 6.45) is 8.89. The van der Waals surface area contributed by atoms with E-state index < -0.39 is 0 Å². The van der Waals surface area contributed by atoms with Crippen LogP contribution in [0.3, 0.4) is 0 Å². The van der Waals surface area contributed by atoms with Crippen LogP contribution in [0.4, 0.5) is 0 Å². The number of imidazole rings is 1.